The number of nitrogens with one attached hydrogen (secondary N) is 5. The molecule has 0 aliphatic rings. The lowest BCUT2D eigenvalue weighted by Crippen LogP contribution is -2.56. The summed E-state index contributed by atoms with van der Waals surface area (Å²) in [4.78, 5) is 78.7. The van der Waals surface area contributed by atoms with Crippen molar-refractivity contribution < 1.29 is 43.8 Å². The highest BCUT2D eigenvalue weighted by molar-refractivity contribution is 5.92. The Morgan fingerprint density at radius 2 is 1.47 bits per heavy atom. The molecule has 0 aromatic carbocycles. The highest BCUT2D eigenvalue weighted by atomic mass is 16.4. The van der Waals surface area contributed by atoms with Crippen molar-refractivity contribution >= 4 is 41.6 Å². The summed E-state index contributed by atoms with van der Waals surface area (Å²) in [5.41, 5.74) is 14.0. The van der Waals surface area contributed by atoms with Crippen molar-refractivity contribution in [2.24, 2.45) is 11.5 Å². The highest BCUT2D eigenvalue weighted by Gasteiger charge is 2.23. The van der Waals surface area contributed by atoms with E-state index in [9.17, 15) is 33.6 Å². The predicted molar refractivity (Wildman–Crippen MR) is 95.9 cm³/mol. The van der Waals surface area contributed by atoms with Crippen LogP contribution in [-0.4, -0.2) is 76.5 Å². The van der Waals surface area contributed by atoms with Crippen LogP contribution in [0.2, 0.25) is 0 Å². The molecule has 11 N–H and O–H groups in total. The van der Waals surface area contributed by atoms with Gasteiger partial charge in [-0.2, -0.15) is 0 Å². The molecule has 0 spiro atoms. The maximum atomic E-state index is 11.8. The van der Waals surface area contributed by atoms with Gasteiger partial charge in [-0.3, -0.25) is 34.8 Å². The summed E-state index contributed by atoms with van der Waals surface area (Å²) in [6.07, 6.45) is -1.31. The summed E-state index contributed by atoms with van der Waals surface area (Å²) in [5, 5.41) is 23.5. The van der Waals surface area contributed by atoms with Gasteiger partial charge in [-0.1, -0.05) is 0 Å². The van der Waals surface area contributed by atoms with Gasteiger partial charge in [0.2, 0.25) is 11.8 Å². The topological polar surface area (TPSA) is 272 Å². The number of urea groups is 1. The molecule has 0 aromatic heterocycles. The lowest BCUT2D eigenvalue weighted by atomic mass is 10.2. The third-order valence-electron chi connectivity index (χ3n) is 3.23. The minimum atomic E-state index is -1.57. The zero-order chi connectivity index (χ0) is 23.4. The van der Waals surface area contributed by atoms with Crippen LogP contribution in [0.4, 0.5) is 4.79 Å². The molecule has 0 unspecified atom stereocenters. The number of rotatable bonds is 11. The smallest absolute Gasteiger partial charge is 0.326 e. The van der Waals surface area contributed by atoms with E-state index in [0.717, 1.165) is 0 Å². The van der Waals surface area contributed by atoms with E-state index in [0.29, 0.717) is 0 Å². The number of nitrogens with two attached hydrogens (primary N) is 2. The third kappa shape index (κ3) is 11.0. The molecule has 0 aliphatic heterocycles. The largest absolute Gasteiger partial charge is 0.481 e. The number of aliphatic carboxylic acids is 2. The van der Waals surface area contributed by atoms with E-state index in [4.69, 9.17) is 21.7 Å². The lowest BCUT2D eigenvalue weighted by molar-refractivity contribution is -0.143. The molecule has 16 heteroatoms. The molecule has 0 heterocycles. The first kappa shape index (κ1) is 26.1. The van der Waals surface area contributed by atoms with Crippen molar-refractivity contribution in [2.75, 3.05) is 6.54 Å². The quantitative estimate of drug-likeness (QED) is 0.140. The number of hydrogen-bond donors (Lipinski definition) is 9. The number of carbonyl (C=O) groups is 7. The summed E-state index contributed by atoms with van der Waals surface area (Å²) in [7, 11) is 0. The first-order valence-electron chi connectivity index (χ1n) is 8.25. The van der Waals surface area contributed by atoms with Gasteiger partial charge in [0.25, 0.3) is 11.8 Å². The zero-order valence-electron chi connectivity index (χ0n) is 15.8. The van der Waals surface area contributed by atoms with Crippen LogP contribution in [0, 0.1) is 0 Å². The van der Waals surface area contributed by atoms with Crippen LogP contribution in [0.3, 0.4) is 0 Å². The summed E-state index contributed by atoms with van der Waals surface area (Å²) in [5.74, 6) is -6.56. The first-order chi connectivity index (χ1) is 13.8. The molecule has 16 nitrogen and oxygen atoms in total. The van der Waals surface area contributed by atoms with Crippen molar-refractivity contribution in [3.05, 3.63) is 0 Å². The second-order valence-corrected chi connectivity index (χ2v) is 5.86. The molecule has 6 amide bonds. The Morgan fingerprint density at radius 1 is 0.900 bits per heavy atom. The van der Waals surface area contributed by atoms with Gasteiger partial charge < -0.3 is 37.6 Å². The second-order valence-electron chi connectivity index (χ2n) is 5.86. The average Bonchev–Trinajstić information content (AvgIpc) is 2.62. The van der Waals surface area contributed by atoms with E-state index in [1.807, 2.05) is 21.5 Å². The molecule has 0 bridgehead atoms. The highest BCUT2D eigenvalue weighted by Crippen LogP contribution is 1.91. The van der Waals surface area contributed by atoms with Crippen molar-refractivity contribution in [3.8, 4) is 0 Å². The van der Waals surface area contributed by atoms with Crippen molar-refractivity contribution in [3.63, 3.8) is 0 Å². The molecule has 0 aromatic rings. The van der Waals surface area contributed by atoms with Gasteiger partial charge in [0, 0.05) is 0 Å². The van der Waals surface area contributed by atoms with Gasteiger partial charge in [-0.05, 0) is 6.92 Å². The lowest BCUT2D eigenvalue weighted by Gasteiger charge is -2.17. The zero-order valence-corrected chi connectivity index (χ0v) is 15.8. The van der Waals surface area contributed by atoms with Crippen molar-refractivity contribution in [1.29, 1.82) is 0 Å². The van der Waals surface area contributed by atoms with Crippen LogP contribution in [0.1, 0.15) is 19.8 Å². The van der Waals surface area contributed by atoms with Gasteiger partial charge in [0.1, 0.15) is 12.1 Å². The van der Waals surface area contributed by atoms with E-state index < -0.39 is 79.1 Å². The van der Waals surface area contributed by atoms with Gasteiger partial charge in [0.15, 0.2) is 0 Å². The first-order valence-corrected chi connectivity index (χ1v) is 8.25. The minimum absolute atomic E-state index is 0.647. The summed E-state index contributed by atoms with van der Waals surface area (Å²) in [6.45, 7) is 0.551. The van der Waals surface area contributed by atoms with Crippen LogP contribution in [-0.2, 0) is 28.8 Å². The fraction of sp³-hybridized carbons (Fsp3) is 0.500. The second kappa shape index (κ2) is 12.5. The van der Waals surface area contributed by atoms with Gasteiger partial charge in [0.05, 0.1) is 25.4 Å². The van der Waals surface area contributed by atoms with Crippen LogP contribution in [0.25, 0.3) is 0 Å². The number of hydrogen-bond acceptors (Lipinski definition) is 8. The SMILES string of the molecule is C[C@H](NC(=O)NCC(=O)N[C@@H](CC(N)=O)C(=O)O)C(=O)NNC(=O)[C@@H](N)CC(=O)O. The molecule has 0 aliphatic carbocycles. The van der Waals surface area contributed by atoms with Gasteiger partial charge in [-0.15, -0.1) is 0 Å². The monoisotopic (exact) mass is 433 g/mol. The predicted octanol–water partition coefficient (Wildman–Crippen LogP) is -4.93. The Hall–Kier alpha value is -3.95. The number of hydrazine groups is 1. The van der Waals surface area contributed by atoms with E-state index in [1.165, 1.54) is 6.92 Å². The molecule has 30 heavy (non-hydrogen) atoms. The molecule has 3 atom stereocenters. The Kier molecular flexibility index (Phi) is 10.9. The van der Waals surface area contributed by atoms with Gasteiger partial charge in [-0.25, -0.2) is 9.59 Å². The Balaban J connectivity index is 4.37. The number of amides is 6. The molecule has 0 saturated heterocycles. The van der Waals surface area contributed by atoms with Crippen LogP contribution in [0.15, 0.2) is 0 Å². The normalized spacial score (nSPS) is 13.0. The third-order valence-corrected chi connectivity index (χ3v) is 3.23. The van der Waals surface area contributed by atoms with Crippen molar-refractivity contribution in [1.82, 2.24) is 26.8 Å². The molecule has 0 rings (SSSR count). The summed E-state index contributed by atoms with van der Waals surface area (Å²) < 4.78 is 0. The molecular formula is C14H23N7O9. The maximum Gasteiger partial charge on any atom is 0.326 e. The number of carboxylic acids is 2. The van der Waals surface area contributed by atoms with E-state index in [2.05, 4.69) is 5.32 Å². The summed E-state index contributed by atoms with van der Waals surface area (Å²) in [6, 6.07) is -5.16. The standard InChI is InChI=1S/C14H23N7O9/c1-5(11(26)20-21-12(27)6(15)2-10(24)25)18-14(30)17-4-9(23)19-7(13(28)29)3-8(16)22/h5-7H,2-4,15H2,1H3,(H2,16,22)(H,19,23)(H,20,26)(H,21,27)(H,24,25)(H,28,29)(H2,17,18,30)/t5-,6-,7-/m0/s1. The fourth-order valence-electron chi connectivity index (χ4n) is 1.73. The maximum absolute atomic E-state index is 11.8. The van der Waals surface area contributed by atoms with E-state index in [1.54, 1.807) is 0 Å². The number of carboxylic acid groups (broad SMARTS) is 2. The minimum Gasteiger partial charge on any atom is -0.481 e. The molecular weight excluding hydrogens is 410 g/mol. The van der Waals surface area contributed by atoms with Crippen molar-refractivity contribution in [2.45, 2.75) is 37.9 Å². The Morgan fingerprint density at radius 3 is 1.97 bits per heavy atom. The molecule has 168 valence electrons. The number of primary amides is 1. The van der Waals surface area contributed by atoms with Crippen LogP contribution >= 0.6 is 0 Å². The van der Waals surface area contributed by atoms with E-state index in [-0.39, 0.29) is 0 Å². The molecule has 0 radical (unpaired) electrons. The Bertz CT molecular complexity index is 712. The summed E-state index contributed by atoms with van der Waals surface area (Å²) >= 11 is 0. The fourth-order valence-corrected chi connectivity index (χ4v) is 1.73. The van der Waals surface area contributed by atoms with E-state index >= 15 is 0 Å². The van der Waals surface area contributed by atoms with Gasteiger partial charge >= 0.3 is 18.0 Å². The molecule has 0 saturated carbocycles. The Labute approximate surface area is 169 Å². The van der Waals surface area contributed by atoms with Crippen LogP contribution in [0.5, 0.6) is 0 Å². The van der Waals surface area contributed by atoms with Crippen LogP contribution < -0.4 is 38.3 Å². The average molecular weight is 433 g/mol. The number of carbonyl (C=O) groups excluding carboxylic acids is 5. The molecule has 0 fully saturated rings.